The van der Waals surface area contributed by atoms with Gasteiger partial charge in [0.05, 0.1) is 33.4 Å². The van der Waals surface area contributed by atoms with E-state index in [4.69, 9.17) is 18.9 Å². The lowest BCUT2D eigenvalue weighted by molar-refractivity contribution is -0.151. The highest BCUT2D eigenvalue weighted by Crippen LogP contribution is 2.37. The van der Waals surface area contributed by atoms with Gasteiger partial charge < -0.3 is 28.7 Å². The molecular formula is C23H34N2O6. The van der Waals surface area contributed by atoms with Gasteiger partial charge in [-0.2, -0.15) is 0 Å². The summed E-state index contributed by atoms with van der Waals surface area (Å²) in [5.41, 5.74) is 0.339. The van der Waals surface area contributed by atoms with Gasteiger partial charge in [-0.25, -0.2) is 4.79 Å². The molecule has 1 aliphatic carbocycles. The quantitative estimate of drug-likeness (QED) is 0.683. The molecule has 0 spiro atoms. The first-order chi connectivity index (χ1) is 14.6. The predicted octanol–water partition coefficient (Wildman–Crippen LogP) is 3.39. The van der Waals surface area contributed by atoms with Crippen LogP contribution in [-0.2, 0) is 14.3 Å². The van der Waals surface area contributed by atoms with Gasteiger partial charge >= 0.3 is 6.09 Å². The molecule has 2 atom stereocenters. The van der Waals surface area contributed by atoms with E-state index in [1.54, 1.807) is 19.1 Å². The largest absolute Gasteiger partial charge is 0.497 e. The fourth-order valence-corrected chi connectivity index (χ4v) is 3.73. The molecule has 1 aliphatic heterocycles. The van der Waals surface area contributed by atoms with E-state index in [1.807, 2.05) is 50.8 Å². The molecule has 31 heavy (non-hydrogen) atoms. The second kappa shape index (κ2) is 9.34. The Morgan fingerprint density at radius 3 is 2.26 bits per heavy atom. The molecule has 0 bridgehead atoms. The van der Waals surface area contributed by atoms with Crippen molar-refractivity contribution in [3.63, 3.8) is 0 Å². The van der Waals surface area contributed by atoms with Crippen molar-refractivity contribution in [2.75, 3.05) is 33.9 Å². The maximum absolute atomic E-state index is 13.5. The van der Waals surface area contributed by atoms with Crippen LogP contribution in [0.2, 0.25) is 0 Å². The van der Waals surface area contributed by atoms with Crippen molar-refractivity contribution in [2.24, 2.45) is 0 Å². The van der Waals surface area contributed by atoms with E-state index in [9.17, 15) is 9.59 Å². The van der Waals surface area contributed by atoms with E-state index in [2.05, 4.69) is 0 Å². The van der Waals surface area contributed by atoms with Gasteiger partial charge in [0.15, 0.2) is 6.10 Å². The van der Waals surface area contributed by atoms with Crippen molar-refractivity contribution >= 4 is 12.0 Å². The molecule has 1 saturated heterocycles. The van der Waals surface area contributed by atoms with Crippen LogP contribution in [0.5, 0.6) is 11.5 Å². The fourth-order valence-electron chi connectivity index (χ4n) is 3.73. The number of nitrogens with zero attached hydrogens (tertiary/aromatic N) is 2. The van der Waals surface area contributed by atoms with Gasteiger partial charge in [-0.15, -0.1) is 0 Å². The second-order valence-corrected chi connectivity index (χ2v) is 9.08. The van der Waals surface area contributed by atoms with Gasteiger partial charge in [-0.05, 0) is 58.2 Å². The Morgan fingerprint density at radius 2 is 1.74 bits per heavy atom. The number of rotatable bonds is 6. The molecule has 1 aromatic rings. The molecule has 0 radical (unpaired) electrons. The lowest BCUT2D eigenvalue weighted by atomic mass is 10.0. The number of carbonyl (C=O) groups excluding carboxylic acids is 2. The molecular weight excluding hydrogens is 400 g/mol. The predicted molar refractivity (Wildman–Crippen MR) is 115 cm³/mol. The SMILES string of the molecule is COc1cc(OC)cc(C(C)N(C(=O)[C@H]2CN(C(=O)OC(C)(C)C)CCO2)C2CC2)c1. The van der Waals surface area contributed by atoms with E-state index in [-0.39, 0.29) is 24.5 Å². The number of methoxy groups -OCH3 is 2. The average Bonchev–Trinajstić information content (AvgIpc) is 3.57. The van der Waals surface area contributed by atoms with Crippen molar-refractivity contribution in [2.45, 2.75) is 64.3 Å². The van der Waals surface area contributed by atoms with E-state index < -0.39 is 17.8 Å². The Hall–Kier alpha value is -2.48. The van der Waals surface area contributed by atoms with E-state index in [0.717, 1.165) is 18.4 Å². The maximum Gasteiger partial charge on any atom is 0.410 e. The minimum atomic E-state index is -0.711. The van der Waals surface area contributed by atoms with Crippen LogP contribution in [0.1, 0.15) is 52.1 Å². The van der Waals surface area contributed by atoms with Crippen molar-refractivity contribution in [1.82, 2.24) is 9.80 Å². The van der Waals surface area contributed by atoms with E-state index in [1.165, 1.54) is 0 Å². The Morgan fingerprint density at radius 1 is 1.13 bits per heavy atom. The first-order valence-electron chi connectivity index (χ1n) is 10.8. The van der Waals surface area contributed by atoms with Crippen LogP contribution in [-0.4, -0.2) is 73.5 Å². The third kappa shape index (κ3) is 5.81. The zero-order chi connectivity index (χ0) is 22.8. The van der Waals surface area contributed by atoms with Crippen molar-refractivity contribution in [3.05, 3.63) is 23.8 Å². The molecule has 2 aliphatic rings. The van der Waals surface area contributed by atoms with Gasteiger partial charge in [0, 0.05) is 18.7 Å². The summed E-state index contributed by atoms with van der Waals surface area (Å²) in [7, 11) is 3.21. The lowest BCUT2D eigenvalue weighted by Gasteiger charge is -2.38. The van der Waals surface area contributed by atoms with Gasteiger partial charge in [-0.3, -0.25) is 4.79 Å². The Kier molecular flexibility index (Phi) is 6.99. The van der Waals surface area contributed by atoms with Crippen molar-refractivity contribution in [3.8, 4) is 11.5 Å². The number of hydrogen-bond donors (Lipinski definition) is 0. The van der Waals surface area contributed by atoms with E-state index >= 15 is 0 Å². The first kappa shape index (κ1) is 23.2. The third-order valence-corrected chi connectivity index (χ3v) is 5.46. The van der Waals surface area contributed by atoms with Crippen LogP contribution in [0.15, 0.2) is 18.2 Å². The molecule has 0 aromatic heterocycles. The molecule has 172 valence electrons. The van der Waals surface area contributed by atoms with Gasteiger partial charge in [0.25, 0.3) is 5.91 Å². The maximum atomic E-state index is 13.5. The molecule has 2 fully saturated rings. The number of morpholine rings is 1. The summed E-state index contributed by atoms with van der Waals surface area (Å²) < 4.78 is 22.1. The van der Waals surface area contributed by atoms with Crippen molar-refractivity contribution in [1.29, 1.82) is 0 Å². The highest BCUT2D eigenvalue weighted by molar-refractivity contribution is 5.83. The van der Waals surface area contributed by atoms with Crippen LogP contribution in [0, 0.1) is 0 Å². The minimum absolute atomic E-state index is 0.106. The summed E-state index contributed by atoms with van der Waals surface area (Å²) in [6.45, 7) is 8.37. The number of ether oxygens (including phenoxy) is 4. The van der Waals surface area contributed by atoms with Crippen LogP contribution in [0.3, 0.4) is 0 Å². The summed E-state index contributed by atoms with van der Waals surface area (Å²) >= 11 is 0. The summed E-state index contributed by atoms with van der Waals surface area (Å²) in [6.07, 6.45) is 0.785. The topological polar surface area (TPSA) is 77.5 Å². The minimum Gasteiger partial charge on any atom is -0.497 e. The molecule has 8 nitrogen and oxygen atoms in total. The van der Waals surface area contributed by atoms with Gasteiger partial charge in [-0.1, -0.05) is 0 Å². The molecule has 1 saturated carbocycles. The molecule has 2 amide bonds. The summed E-state index contributed by atoms with van der Waals surface area (Å²) in [5, 5.41) is 0. The lowest BCUT2D eigenvalue weighted by Crippen LogP contribution is -2.54. The van der Waals surface area contributed by atoms with Gasteiger partial charge in [0.2, 0.25) is 0 Å². The standard InChI is InChI=1S/C23H34N2O6/c1-15(16-11-18(28-5)13-19(12-16)29-6)25(17-7-8-17)21(26)20-14-24(9-10-30-20)22(27)31-23(2,3)4/h11-13,15,17,20H,7-10,14H2,1-6H3/t15?,20-/m1/s1. The Labute approximate surface area is 184 Å². The highest BCUT2D eigenvalue weighted by Gasteiger charge is 2.42. The molecule has 0 N–H and O–H groups in total. The van der Waals surface area contributed by atoms with Crippen LogP contribution in [0.4, 0.5) is 4.79 Å². The summed E-state index contributed by atoms with van der Waals surface area (Å²) in [5.74, 6) is 1.24. The number of hydrogen-bond acceptors (Lipinski definition) is 6. The molecule has 1 unspecified atom stereocenters. The Balaban J connectivity index is 1.77. The van der Waals surface area contributed by atoms with Crippen molar-refractivity contribution < 1.29 is 28.5 Å². The molecule has 1 heterocycles. The van der Waals surface area contributed by atoms with Crippen LogP contribution in [0.25, 0.3) is 0 Å². The number of amides is 2. The average molecular weight is 435 g/mol. The molecule has 1 aromatic carbocycles. The van der Waals surface area contributed by atoms with Crippen LogP contribution >= 0.6 is 0 Å². The number of carbonyl (C=O) groups is 2. The first-order valence-corrected chi connectivity index (χ1v) is 10.8. The van der Waals surface area contributed by atoms with Crippen LogP contribution < -0.4 is 9.47 Å². The smallest absolute Gasteiger partial charge is 0.410 e. The van der Waals surface area contributed by atoms with E-state index in [0.29, 0.717) is 24.7 Å². The van der Waals surface area contributed by atoms with Gasteiger partial charge in [0.1, 0.15) is 17.1 Å². The zero-order valence-electron chi connectivity index (χ0n) is 19.3. The molecule has 8 heteroatoms. The second-order valence-electron chi connectivity index (χ2n) is 9.08. The fraction of sp³-hybridized carbons (Fsp3) is 0.652. The summed E-state index contributed by atoms with van der Waals surface area (Å²) in [4.78, 5) is 29.4. The number of benzene rings is 1. The summed E-state index contributed by atoms with van der Waals surface area (Å²) in [6, 6.07) is 5.63. The third-order valence-electron chi connectivity index (χ3n) is 5.46. The normalized spacial score (nSPS) is 20.1. The monoisotopic (exact) mass is 434 g/mol. The Bertz CT molecular complexity index is 779. The highest BCUT2D eigenvalue weighted by atomic mass is 16.6. The molecule has 3 rings (SSSR count). The zero-order valence-corrected chi connectivity index (χ0v) is 19.3.